The van der Waals surface area contributed by atoms with E-state index in [1.807, 2.05) is 31.3 Å². The highest BCUT2D eigenvalue weighted by atomic mass is 16.5. The first-order chi connectivity index (χ1) is 9.31. The van der Waals surface area contributed by atoms with Crippen LogP contribution in [0.2, 0.25) is 0 Å². The van der Waals surface area contributed by atoms with Crippen LogP contribution in [0.1, 0.15) is 42.6 Å². The van der Waals surface area contributed by atoms with Crippen LogP contribution in [0, 0.1) is 0 Å². The van der Waals surface area contributed by atoms with Crippen LogP contribution >= 0.6 is 0 Å². The lowest BCUT2D eigenvalue weighted by Gasteiger charge is -2.12. The molecule has 1 atom stereocenters. The highest BCUT2D eigenvalue weighted by molar-refractivity contribution is 5.98. The Bertz CT molecular complexity index is 508. The molecule has 108 valence electrons. The van der Waals surface area contributed by atoms with E-state index in [0.29, 0.717) is 11.5 Å². The third-order valence-corrected chi connectivity index (χ3v) is 2.71. The first-order valence-corrected chi connectivity index (χ1v) is 6.22. The molecule has 0 fully saturated rings. The zero-order valence-electron chi connectivity index (χ0n) is 11.7. The molecule has 1 aromatic rings. The Morgan fingerprint density at radius 1 is 1.10 bits per heavy atom. The molecule has 0 saturated heterocycles. The topological polar surface area (TPSA) is 98.5 Å². The van der Waals surface area contributed by atoms with Crippen LogP contribution in [0.3, 0.4) is 0 Å². The number of imide groups is 1. The van der Waals surface area contributed by atoms with Gasteiger partial charge >= 0.3 is 12.0 Å². The number of carbonyl (C=O) groups excluding carboxylic acids is 3. The van der Waals surface area contributed by atoms with E-state index in [0.717, 1.165) is 5.56 Å². The number of ether oxygens (including phenoxy) is 1. The number of nitrogens with one attached hydrogen (secondary N) is 1. The van der Waals surface area contributed by atoms with Crippen molar-refractivity contribution in [3.63, 3.8) is 0 Å². The van der Waals surface area contributed by atoms with Gasteiger partial charge in [-0.3, -0.25) is 10.1 Å². The van der Waals surface area contributed by atoms with Crippen molar-refractivity contribution >= 4 is 17.9 Å². The Hall–Kier alpha value is -2.37. The van der Waals surface area contributed by atoms with Gasteiger partial charge in [0.2, 0.25) is 0 Å². The summed E-state index contributed by atoms with van der Waals surface area (Å²) in [6, 6.07) is 5.94. The molecule has 20 heavy (non-hydrogen) atoms. The molecule has 0 saturated carbocycles. The van der Waals surface area contributed by atoms with Crippen LogP contribution < -0.4 is 11.1 Å². The Morgan fingerprint density at radius 2 is 1.65 bits per heavy atom. The largest absolute Gasteiger partial charge is 0.449 e. The molecule has 0 unspecified atom stereocenters. The molecule has 0 bridgehead atoms. The molecule has 0 aliphatic rings. The average Bonchev–Trinajstić information content (AvgIpc) is 2.37. The minimum absolute atomic E-state index is 0.341. The summed E-state index contributed by atoms with van der Waals surface area (Å²) >= 11 is 0. The van der Waals surface area contributed by atoms with Gasteiger partial charge in [0.25, 0.3) is 5.91 Å². The molecule has 0 heterocycles. The lowest BCUT2D eigenvalue weighted by molar-refractivity contribution is -0.127. The highest BCUT2D eigenvalue weighted by Crippen LogP contribution is 2.15. The molecule has 3 amide bonds. The van der Waals surface area contributed by atoms with E-state index in [2.05, 4.69) is 0 Å². The van der Waals surface area contributed by atoms with E-state index in [1.165, 1.54) is 6.92 Å². The summed E-state index contributed by atoms with van der Waals surface area (Å²) in [6.07, 6.45) is -1.10. The van der Waals surface area contributed by atoms with Gasteiger partial charge in [-0.1, -0.05) is 26.0 Å². The monoisotopic (exact) mass is 278 g/mol. The molecule has 6 heteroatoms. The van der Waals surface area contributed by atoms with E-state index in [-0.39, 0.29) is 0 Å². The maximum atomic E-state index is 11.8. The summed E-state index contributed by atoms with van der Waals surface area (Å²) in [5.41, 5.74) is 6.25. The van der Waals surface area contributed by atoms with E-state index in [4.69, 9.17) is 10.5 Å². The van der Waals surface area contributed by atoms with Gasteiger partial charge in [0.1, 0.15) is 0 Å². The number of nitrogens with two attached hydrogens (primary N) is 1. The molecular formula is C14H18N2O4. The SMILES string of the molecule is CC(C)c1ccc(C(=O)O[C@@H](C)C(=O)NC(N)=O)cc1. The summed E-state index contributed by atoms with van der Waals surface area (Å²) in [6.45, 7) is 5.45. The number of carbonyl (C=O) groups is 3. The summed E-state index contributed by atoms with van der Waals surface area (Å²) in [7, 11) is 0. The Morgan fingerprint density at radius 3 is 2.10 bits per heavy atom. The standard InChI is InChI=1S/C14H18N2O4/c1-8(2)10-4-6-11(7-5-10)13(18)20-9(3)12(17)16-14(15)19/h4-9H,1-3H3,(H3,15,16,17,19)/t9-/m0/s1. The van der Waals surface area contributed by atoms with Crippen molar-refractivity contribution in [2.75, 3.05) is 0 Å². The maximum absolute atomic E-state index is 11.8. The van der Waals surface area contributed by atoms with E-state index < -0.39 is 24.0 Å². The minimum atomic E-state index is -1.10. The van der Waals surface area contributed by atoms with Crippen LogP contribution in [0.25, 0.3) is 0 Å². The van der Waals surface area contributed by atoms with Gasteiger partial charge in [-0.25, -0.2) is 9.59 Å². The van der Waals surface area contributed by atoms with Crippen molar-refractivity contribution in [3.8, 4) is 0 Å². The van der Waals surface area contributed by atoms with Crippen LogP contribution in [-0.4, -0.2) is 24.0 Å². The lowest BCUT2D eigenvalue weighted by atomic mass is 10.0. The van der Waals surface area contributed by atoms with Gasteiger partial charge in [-0.15, -0.1) is 0 Å². The molecule has 1 rings (SSSR count). The number of benzene rings is 1. The number of esters is 1. The fraction of sp³-hybridized carbons (Fsp3) is 0.357. The number of primary amides is 1. The van der Waals surface area contributed by atoms with Crippen molar-refractivity contribution in [2.45, 2.75) is 32.8 Å². The first-order valence-electron chi connectivity index (χ1n) is 6.22. The second-order valence-corrected chi connectivity index (χ2v) is 4.68. The number of amides is 3. The second-order valence-electron chi connectivity index (χ2n) is 4.68. The van der Waals surface area contributed by atoms with Crippen LogP contribution in [0.4, 0.5) is 4.79 Å². The molecule has 3 N–H and O–H groups in total. The molecule has 1 aromatic carbocycles. The fourth-order valence-corrected chi connectivity index (χ4v) is 1.51. The van der Waals surface area contributed by atoms with Gasteiger partial charge in [-0.2, -0.15) is 0 Å². The first kappa shape index (κ1) is 15.7. The normalized spacial score (nSPS) is 11.8. The van der Waals surface area contributed by atoms with Gasteiger partial charge in [-0.05, 0) is 30.5 Å². The van der Waals surface area contributed by atoms with Gasteiger partial charge in [0.15, 0.2) is 6.10 Å². The number of urea groups is 1. The van der Waals surface area contributed by atoms with Crippen molar-refractivity contribution < 1.29 is 19.1 Å². The van der Waals surface area contributed by atoms with Crippen LogP contribution in [0.5, 0.6) is 0 Å². The van der Waals surface area contributed by atoms with Crippen molar-refractivity contribution in [2.24, 2.45) is 5.73 Å². The predicted octanol–water partition coefficient (Wildman–Crippen LogP) is 1.55. The summed E-state index contributed by atoms with van der Waals surface area (Å²) in [5, 5.41) is 1.85. The van der Waals surface area contributed by atoms with Gasteiger partial charge in [0.05, 0.1) is 5.56 Å². The number of rotatable bonds is 4. The number of hydrogen-bond acceptors (Lipinski definition) is 4. The maximum Gasteiger partial charge on any atom is 0.338 e. The van der Waals surface area contributed by atoms with Gasteiger partial charge < -0.3 is 10.5 Å². The Kier molecular flexibility index (Phi) is 5.25. The average molecular weight is 278 g/mol. The third-order valence-electron chi connectivity index (χ3n) is 2.71. The summed E-state index contributed by atoms with van der Waals surface area (Å²) in [4.78, 5) is 33.7. The van der Waals surface area contributed by atoms with E-state index >= 15 is 0 Å². The molecule has 0 aliphatic heterocycles. The minimum Gasteiger partial charge on any atom is -0.449 e. The Balaban J connectivity index is 2.66. The highest BCUT2D eigenvalue weighted by Gasteiger charge is 2.19. The molecular weight excluding hydrogens is 260 g/mol. The second kappa shape index (κ2) is 6.70. The van der Waals surface area contributed by atoms with Crippen molar-refractivity contribution in [3.05, 3.63) is 35.4 Å². The summed E-state index contributed by atoms with van der Waals surface area (Å²) < 4.78 is 4.94. The van der Waals surface area contributed by atoms with E-state index in [9.17, 15) is 14.4 Å². The fourth-order valence-electron chi connectivity index (χ4n) is 1.51. The molecule has 0 radical (unpaired) electrons. The van der Waals surface area contributed by atoms with Crippen LogP contribution in [-0.2, 0) is 9.53 Å². The molecule has 0 spiro atoms. The van der Waals surface area contributed by atoms with Crippen LogP contribution in [0.15, 0.2) is 24.3 Å². The van der Waals surface area contributed by atoms with Crippen molar-refractivity contribution in [1.29, 1.82) is 0 Å². The Labute approximate surface area is 117 Å². The zero-order valence-corrected chi connectivity index (χ0v) is 11.7. The number of hydrogen-bond donors (Lipinski definition) is 2. The smallest absolute Gasteiger partial charge is 0.338 e. The predicted molar refractivity (Wildman–Crippen MR) is 73.1 cm³/mol. The summed E-state index contributed by atoms with van der Waals surface area (Å²) in [5.74, 6) is -1.03. The lowest BCUT2D eigenvalue weighted by Crippen LogP contribution is -2.42. The quantitative estimate of drug-likeness (QED) is 0.816. The third kappa shape index (κ3) is 4.38. The van der Waals surface area contributed by atoms with Crippen molar-refractivity contribution in [1.82, 2.24) is 5.32 Å². The molecule has 0 aliphatic carbocycles. The van der Waals surface area contributed by atoms with E-state index in [1.54, 1.807) is 12.1 Å². The van der Waals surface area contributed by atoms with Gasteiger partial charge in [0, 0.05) is 0 Å². The zero-order chi connectivity index (χ0) is 15.3. The molecule has 6 nitrogen and oxygen atoms in total. The molecule has 0 aromatic heterocycles.